The van der Waals surface area contributed by atoms with Crippen molar-refractivity contribution in [2.45, 2.75) is 33.0 Å². The molecule has 2 aromatic heterocycles. The van der Waals surface area contributed by atoms with Crippen LogP contribution < -0.4 is 5.32 Å². The van der Waals surface area contributed by atoms with E-state index >= 15 is 0 Å². The lowest BCUT2D eigenvalue weighted by Gasteiger charge is -2.13. The molecule has 0 spiro atoms. The van der Waals surface area contributed by atoms with Crippen molar-refractivity contribution in [1.29, 1.82) is 0 Å². The minimum absolute atomic E-state index is 0.129. The first-order valence-corrected chi connectivity index (χ1v) is 8.01. The molecule has 1 N–H and O–H groups in total. The zero-order chi connectivity index (χ0) is 18.7. The van der Waals surface area contributed by atoms with Gasteiger partial charge in [-0.1, -0.05) is 12.1 Å². The molecule has 0 saturated carbocycles. The Kier molecular flexibility index (Phi) is 5.06. The van der Waals surface area contributed by atoms with E-state index in [0.29, 0.717) is 28.0 Å². The molecular formula is C17H18F2N6O. The molecule has 7 nitrogen and oxygen atoms in total. The molecule has 1 amide bonds. The molecule has 0 saturated heterocycles. The molecule has 0 aliphatic carbocycles. The second kappa shape index (κ2) is 7.42. The van der Waals surface area contributed by atoms with E-state index in [9.17, 15) is 13.6 Å². The number of alkyl halides is 2. The van der Waals surface area contributed by atoms with E-state index in [1.807, 2.05) is 6.92 Å². The lowest BCUT2D eigenvalue weighted by atomic mass is 10.0. The van der Waals surface area contributed by atoms with Crippen molar-refractivity contribution in [3.63, 3.8) is 0 Å². The second-order valence-corrected chi connectivity index (χ2v) is 5.96. The fourth-order valence-electron chi connectivity index (χ4n) is 2.63. The van der Waals surface area contributed by atoms with Crippen LogP contribution in [0.2, 0.25) is 0 Å². The van der Waals surface area contributed by atoms with Crippen molar-refractivity contribution < 1.29 is 13.6 Å². The molecule has 0 bridgehead atoms. The van der Waals surface area contributed by atoms with Crippen molar-refractivity contribution in [1.82, 2.24) is 29.9 Å². The quantitative estimate of drug-likeness (QED) is 0.733. The van der Waals surface area contributed by atoms with Crippen LogP contribution in [0.5, 0.6) is 0 Å². The molecule has 26 heavy (non-hydrogen) atoms. The number of benzene rings is 1. The van der Waals surface area contributed by atoms with Crippen molar-refractivity contribution in [2.75, 3.05) is 0 Å². The minimum atomic E-state index is -2.68. The van der Waals surface area contributed by atoms with E-state index in [1.165, 1.54) is 12.5 Å². The summed E-state index contributed by atoms with van der Waals surface area (Å²) in [6.45, 7) is 1.37. The Hall–Kier alpha value is -3.10. The second-order valence-electron chi connectivity index (χ2n) is 5.96. The molecule has 0 aliphatic heterocycles. The van der Waals surface area contributed by atoms with Crippen LogP contribution in [0.25, 0.3) is 11.1 Å². The number of halogens is 2. The number of aromatic nitrogens is 5. The molecule has 2 heterocycles. The van der Waals surface area contributed by atoms with Crippen molar-refractivity contribution in [3.8, 4) is 11.1 Å². The van der Waals surface area contributed by atoms with E-state index < -0.39 is 6.55 Å². The third-order valence-electron chi connectivity index (χ3n) is 3.88. The monoisotopic (exact) mass is 360 g/mol. The van der Waals surface area contributed by atoms with E-state index in [0.717, 1.165) is 5.56 Å². The lowest BCUT2D eigenvalue weighted by molar-refractivity contribution is 0.0563. The van der Waals surface area contributed by atoms with E-state index in [-0.39, 0.29) is 11.9 Å². The van der Waals surface area contributed by atoms with Crippen LogP contribution in [0.1, 0.15) is 29.5 Å². The molecule has 0 radical (unpaired) electrons. The summed E-state index contributed by atoms with van der Waals surface area (Å²) >= 11 is 0. The molecule has 3 aromatic rings. The maximum Gasteiger partial charge on any atom is 0.333 e. The molecule has 9 heteroatoms. The highest BCUT2D eigenvalue weighted by atomic mass is 19.3. The Morgan fingerprint density at radius 1 is 1.27 bits per heavy atom. The van der Waals surface area contributed by atoms with Crippen molar-refractivity contribution in [2.24, 2.45) is 0 Å². The molecule has 136 valence electrons. The number of rotatable bonds is 6. The summed E-state index contributed by atoms with van der Waals surface area (Å²) in [6.07, 6.45) is 4.32. The number of nitrogens with zero attached hydrogens (tertiary/aromatic N) is 5. The first-order chi connectivity index (χ1) is 12.4. The van der Waals surface area contributed by atoms with Crippen molar-refractivity contribution in [3.05, 3.63) is 54.4 Å². The summed E-state index contributed by atoms with van der Waals surface area (Å²) in [5, 5.41) is 10.7. The van der Waals surface area contributed by atoms with Gasteiger partial charge in [0.25, 0.3) is 5.91 Å². The molecule has 1 unspecified atom stereocenters. The third-order valence-corrected chi connectivity index (χ3v) is 3.88. The van der Waals surface area contributed by atoms with Gasteiger partial charge in [-0.2, -0.15) is 19.0 Å². The number of aryl methyl sites for hydroxylation is 1. The minimum Gasteiger partial charge on any atom is -0.348 e. The first-order valence-electron chi connectivity index (χ1n) is 8.01. The smallest absolute Gasteiger partial charge is 0.333 e. The third kappa shape index (κ3) is 3.93. The Morgan fingerprint density at radius 2 is 2.00 bits per heavy atom. The number of carbonyl (C=O) groups is 1. The van der Waals surface area contributed by atoms with E-state index in [1.54, 1.807) is 42.2 Å². The van der Waals surface area contributed by atoms with Gasteiger partial charge in [-0.05, 0) is 31.5 Å². The van der Waals surface area contributed by atoms with Gasteiger partial charge in [0.2, 0.25) is 0 Å². The molecule has 0 aliphatic rings. The van der Waals surface area contributed by atoms with Crippen LogP contribution in [0.3, 0.4) is 0 Å². The normalized spacial score (nSPS) is 12.3. The number of amides is 1. The average molecular weight is 360 g/mol. The van der Waals surface area contributed by atoms with Gasteiger partial charge in [0, 0.05) is 23.4 Å². The molecular weight excluding hydrogens is 342 g/mol. The standard InChI is InChI=1S/C17H18F2N6O/c1-11(7-24-10-20-9-21-24)22-16(26)14-5-3-13(4-6-14)15-8-25(17(18)19)23-12(15)2/h3-6,8-11,17H,7H2,1-2H3,(H,22,26). The van der Waals surface area contributed by atoms with E-state index in [4.69, 9.17) is 0 Å². The highest BCUT2D eigenvalue weighted by Crippen LogP contribution is 2.25. The summed E-state index contributed by atoms with van der Waals surface area (Å²) in [4.78, 5) is 16.2. The highest BCUT2D eigenvalue weighted by molar-refractivity contribution is 5.94. The largest absolute Gasteiger partial charge is 0.348 e. The van der Waals surface area contributed by atoms with Crippen LogP contribution in [0.4, 0.5) is 8.78 Å². The van der Waals surface area contributed by atoms with Gasteiger partial charge in [-0.3, -0.25) is 9.48 Å². The Morgan fingerprint density at radius 3 is 2.58 bits per heavy atom. The Bertz CT molecular complexity index is 873. The summed E-state index contributed by atoms with van der Waals surface area (Å²) < 4.78 is 27.7. The summed E-state index contributed by atoms with van der Waals surface area (Å²) in [7, 11) is 0. The number of nitrogens with one attached hydrogen (secondary N) is 1. The van der Waals surface area contributed by atoms with Crippen molar-refractivity contribution >= 4 is 5.91 Å². The molecule has 0 fully saturated rings. The van der Waals surface area contributed by atoms with Gasteiger partial charge in [0.1, 0.15) is 12.7 Å². The van der Waals surface area contributed by atoms with Gasteiger partial charge in [-0.25, -0.2) is 9.67 Å². The van der Waals surface area contributed by atoms with Gasteiger partial charge in [0.15, 0.2) is 0 Å². The van der Waals surface area contributed by atoms with E-state index in [2.05, 4.69) is 20.5 Å². The van der Waals surface area contributed by atoms with Crippen LogP contribution in [-0.2, 0) is 6.54 Å². The maximum absolute atomic E-state index is 12.7. The Balaban J connectivity index is 1.68. The zero-order valence-electron chi connectivity index (χ0n) is 14.3. The summed E-state index contributed by atoms with van der Waals surface area (Å²) in [6, 6.07) is 6.63. The number of hydrogen-bond donors (Lipinski definition) is 1. The SMILES string of the molecule is Cc1nn(C(F)F)cc1-c1ccc(C(=O)NC(C)Cn2cncn2)cc1. The fraction of sp³-hybridized carbons (Fsp3) is 0.294. The van der Waals surface area contributed by atoms with Gasteiger partial charge in [0.05, 0.1) is 12.2 Å². The first kappa shape index (κ1) is 17.7. The summed E-state index contributed by atoms with van der Waals surface area (Å²) in [5.41, 5.74) is 2.32. The maximum atomic E-state index is 12.7. The van der Waals surface area contributed by atoms with Crippen LogP contribution >= 0.6 is 0 Å². The van der Waals surface area contributed by atoms with Gasteiger partial charge < -0.3 is 5.32 Å². The van der Waals surface area contributed by atoms with Crippen LogP contribution in [0, 0.1) is 6.92 Å². The predicted octanol–water partition coefficient (Wildman–Crippen LogP) is 2.66. The summed E-state index contributed by atoms with van der Waals surface area (Å²) in [5.74, 6) is -0.218. The predicted molar refractivity (Wildman–Crippen MR) is 90.6 cm³/mol. The van der Waals surface area contributed by atoms with Crippen LogP contribution in [-0.4, -0.2) is 36.5 Å². The Labute approximate surface area is 148 Å². The average Bonchev–Trinajstić information content (AvgIpc) is 3.24. The fourth-order valence-corrected chi connectivity index (χ4v) is 2.63. The highest BCUT2D eigenvalue weighted by Gasteiger charge is 2.14. The zero-order valence-corrected chi connectivity index (χ0v) is 14.3. The lowest BCUT2D eigenvalue weighted by Crippen LogP contribution is -2.35. The molecule has 3 rings (SSSR count). The topological polar surface area (TPSA) is 77.6 Å². The van der Waals surface area contributed by atoms with Gasteiger partial charge >= 0.3 is 6.55 Å². The number of carbonyl (C=O) groups excluding carboxylic acids is 1. The number of hydrogen-bond acceptors (Lipinski definition) is 4. The molecule has 1 aromatic carbocycles. The van der Waals surface area contributed by atoms with Crippen LogP contribution in [0.15, 0.2) is 43.1 Å². The van der Waals surface area contributed by atoms with Gasteiger partial charge in [-0.15, -0.1) is 0 Å². The molecule has 1 atom stereocenters.